The molecule has 0 radical (unpaired) electrons. The number of ether oxygens (including phenoxy) is 9. The maximum atomic E-state index is 13.0. The van der Waals surface area contributed by atoms with Crippen LogP contribution in [0.3, 0.4) is 0 Å². The van der Waals surface area contributed by atoms with Gasteiger partial charge in [-0.3, -0.25) is 63.7 Å². The average molecular weight is 1950 g/mol. The molecule has 68 nitrogen and oxygen atoms in total. The van der Waals surface area contributed by atoms with Gasteiger partial charge < -0.3 is 58.0 Å². The first-order valence-corrected chi connectivity index (χ1v) is 46.0. The second kappa shape index (κ2) is 37.0. The molecule has 5 aliphatic heterocycles. The molecule has 0 aromatic carbocycles. The first-order chi connectivity index (χ1) is 49.9. The molecule has 0 bridgehead atoms. The highest BCUT2D eigenvalue weighted by Gasteiger charge is 2.63. The van der Waals surface area contributed by atoms with E-state index in [0.717, 1.165) is 0 Å². The maximum Gasteiger partial charge on any atom is 0.397 e. The molecular weight excluding hydrogens is 1900 g/mol. The molecule has 0 amide bonds. The zero-order valence-corrected chi connectivity index (χ0v) is 63.5. The molecule has 25 atom stereocenters. The van der Waals surface area contributed by atoms with Gasteiger partial charge in [-0.05, 0) is 0 Å². The van der Waals surface area contributed by atoms with Gasteiger partial charge in [-0.15, -0.1) is 0 Å². The van der Waals surface area contributed by atoms with Crippen molar-refractivity contribution in [2.75, 3.05) is 33.0 Å². The van der Waals surface area contributed by atoms with Crippen molar-refractivity contribution in [3.63, 3.8) is 0 Å². The molecule has 0 aliphatic carbocycles. The number of hydrogen-bond acceptors (Lipinski definition) is 54. The molecule has 5 aliphatic rings. The van der Waals surface area contributed by atoms with Crippen LogP contribution in [0.5, 0.6) is 0 Å². The van der Waals surface area contributed by atoms with E-state index in [1.165, 1.54) is 0 Å². The van der Waals surface area contributed by atoms with Gasteiger partial charge >= 0.3 is 146 Å². The van der Waals surface area contributed by atoms with E-state index in [1.54, 1.807) is 0 Å². The highest BCUT2D eigenvalue weighted by Crippen LogP contribution is 2.41. The second-order valence-electron chi connectivity index (χ2n) is 21.1. The van der Waals surface area contributed by atoms with Gasteiger partial charge in [-0.1, -0.05) is 0 Å². The summed E-state index contributed by atoms with van der Waals surface area (Å²) in [7, 11) is -89.1. The molecule has 112 heavy (non-hydrogen) atoms. The van der Waals surface area contributed by atoms with Crippen LogP contribution in [-0.4, -0.2) is 383 Å². The summed E-state index contributed by atoms with van der Waals surface area (Å²) in [5.74, 6) is 0. The summed E-state index contributed by atoms with van der Waals surface area (Å²) in [4.78, 5) is 0. The van der Waals surface area contributed by atoms with Gasteiger partial charge in [0, 0.05) is 0 Å². The molecule has 5 heterocycles. The zero-order valence-electron chi connectivity index (χ0n) is 52.1. The highest BCUT2D eigenvalue weighted by molar-refractivity contribution is 7.84. The third-order valence-electron chi connectivity index (χ3n) is 13.2. The molecule has 17 N–H and O–H groups in total. The van der Waals surface area contributed by atoms with Crippen molar-refractivity contribution < 1.29 is 298 Å². The van der Waals surface area contributed by atoms with E-state index >= 15 is 0 Å². The third kappa shape index (κ3) is 34.4. The minimum Gasteiger partial charge on any atom is -0.387 e. The Hall–Kier alpha value is -2.30. The highest BCUT2D eigenvalue weighted by atomic mass is 32.3. The first kappa shape index (κ1) is 100. The minimum atomic E-state index is -6.85. The van der Waals surface area contributed by atoms with E-state index < -0.39 is 332 Å². The Balaban J connectivity index is 1.91. The summed E-state index contributed by atoms with van der Waals surface area (Å²) in [5, 5.41) is 34.4. The SMILES string of the molecule is O=S(=O)(O)OC[C@H]1O[C@@H](O[C@@H]2[C@@H](OS(=O)(=O)O)[C@H](OC[C@H]3O[C@H](O[C@@H]4O[C@H](COS(=O)(=O)O)[C@@H](OS(=O)(=O)O)[C@H](OS(=O)(=O)O)[C@@H]4O)[C@@H](O[C@H]4[C@@H](OS(=O)(=O)O)[C@H](OS(=O)(=O)O)[C@@H](COS(=O)(=O)O)O[C@H]4O)[C@@H](OS(=O)(=O)O)[C@@H]3OS(=O)(=O)O)O[C@H](COS(=O)(=O)O)[C@H]2OS(=O)(=O)O)[C@H](OS(=O)(=O)O)[C@@H](O)[C@@H]1OS(=O)(=O)O. The van der Waals surface area contributed by atoms with Crippen molar-refractivity contribution in [3.05, 3.63) is 0 Å². The Morgan fingerprint density at radius 1 is 0.196 bits per heavy atom. The fraction of sp³-hybridized carbons (Fsp3) is 1.00. The third-order valence-corrected chi connectivity index (χ3v) is 19.6. The monoisotopic (exact) mass is 1950 g/mol. The van der Waals surface area contributed by atoms with Crippen molar-refractivity contribution in [3.8, 4) is 0 Å². The summed E-state index contributed by atoms with van der Waals surface area (Å²) in [6, 6.07) is 0. The lowest BCUT2D eigenvalue weighted by atomic mass is 9.95. The molecule has 0 aromatic rings. The van der Waals surface area contributed by atoms with Crippen LogP contribution < -0.4 is 0 Å². The van der Waals surface area contributed by atoms with E-state index in [2.05, 4.69) is 58.6 Å². The topological polar surface area (TPSA) is 1030 Å². The fourth-order valence-corrected chi connectivity index (χ4v) is 16.1. The van der Waals surface area contributed by atoms with Gasteiger partial charge in [-0.2, -0.15) is 118 Å². The summed E-state index contributed by atoms with van der Waals surface area (Å²) >= 11 is 0. The normalized spacial score (nSPS) is 34.6. The van der Waals surface area contributed by atoms with Crippen LogP contribution >= 0.6 is 0 Å². The van der Waals surface area contributed by atoms with E-state index in [9.17, 15) is 197 Å². The molecule has 0 aromatic heterocycles. The minimum absolute atomic E-state index is 2.05. The molecule has 0 unspecified atom stereocenters. The smallest absolute Gasteiger partial charge is 0.387 e. The predicted molar refractivity (Wildman–Crippen MR) is 312 cm³/mol. The largest absolute Gasteiger partial charge is 0.397 e. The quantitative estimate of drug-likeness (QED) is 0.0253. The lowest BCUT2D eigenvalue weighted by Crippen LogP contribution is -2.69. The Bertz CT molecular complexity index is 4970. The molecule has 0 saturated carbocycles. The second-order valence-corrected chi connectivity index (χ2v) is 35.9. The van der Waals surface area contributed by atoms with Gasteiger partial charge in [0.15, 0.2) is 43.7 Å². The molecule has 5 fully saturated rings. The van der Waals surface area contributed by atoms with Crippen LogP contribution in [0.25, 0.3) is 0 Å². The van der Waals surface area contributed by atoms with Crippen LogP contribution in [0.2, 0.25) is 0 Å². The number of rotatable bonds is 41. The lowest BCUT2D eigenvalue weighted by molar-refractivity contribution is -0.392. The Morgan fingerprint density at radius 3 is 0.804 bits per heavy atom. The van der Waals surface area contributed by atoms with Crippen LogP contribution in [-0.2, 0) is 247 Å². The van der Waals surface area contributed by atoms with E-state index in [4.69, 9.17) is 42.6 Å². The molecule has 0 spiro atoms. The number of aliphatic hydroxyl groups excluding tert-OH is 3. The number of hydrogen-bond donors (Lipinski definition) is 17. The Labute approximate surface area is 626 Å². The van der Waals surface area contributed by atoms with E-state index in [1.807, 2.05) is 0 Å². The van der Waals surface area contributed by atoms with Crippen LogP contribution in [0.15, 0.2) is 0 Å². The van der Waals surface area contributed by atoms with Gasteiger partial charge in [0.25, 0.3) is 0 Å². The summed E-state index contributed by atoms with van der Waals surface area (Å²) in [6.45, 7) is -11.1. The fourth-order valence-electron chi connectivity index (χ4n) is 9.81. The Morgan fingerprint density at radius 2 is 0.446 bits per heavy atom. The van der Waals surface area contributed by atoms with Gasteiger partial charge in [0.2, 0.25) is 0 Å². The van der Waals surface area contributed by atoms with Crippen molar-refractivity contribution in [1.82, 2.24) is 0 Å². The standard InChI is InChI=1S/C30H52O68S14/c31-11-13(89-103(46,47)48)7(2-77-99(34,35)36)85-29(19(11)95-109(64,65)66)87-20-15(91-105(52,53)54)10(5-80-102(43,44)45)83-28(25(20)98-112(73,74)75)76-1-6-16(92-106(55,56)57)22(97-111(70,71)72)24(86-23-21(96-110(67,68)69)17(93-107(58,59)60)8(81-26(23)33)3-78-100(37,38)39)30(84-6)88-27-12(32)18(94-108(61,62)63)14(90-104(49,50)51)9(82-27)4-79-101(40,41)42/h6-33H,1-5H2,(H,34,35,36)(H,37,38,39)(H,40,41,42)(H,43,44,45)(H,46,47,48)(H,49,50,51)(H,52,53,54)(H,55,56,57)(H,58,59,60)(H,61,62,63)(H,64,65,66)(H,67,68,69)(H,70,71,72)(H,73,74,75)/t6-,7-,8-,9-,10-,11+,12+,13-,14-,15-,16-,17-,18-,19-,20+,21+,22+,23+,24+,25-,26-,27+,28-,29+,30-/m1/s1. The molecular formula is C30H52O68S14. The first-order valence-electron chi connectivity index (χ1n) is 26.8. The lowest BCUT2D eigenvalue weighted by Gasteiger charge is -2.50. The average Bonchev–Trinajstić information content (AvgIpc) is 0.754. The van der Waals surface area contributed by atoms with Crippen LogP contribution in [0.4, 0.5) is 0 Å². The van der Waals surface area contributed by atoms with Crippen molar-refractivity contribution in [2.45, 2.75) is 154 Å². The van der Waals surface area contributed by atoms with Crippen LogP contribution in [0, 0.1) is 0 Å². The summed E-state index contributed by atoms with van der Waals surface area (Å²) < 4.78 is 586. The number of aliphatic hydroxyl groups is 3. The van der Waals surface area contributed by atoms with Crippen molar-refractivity contribution >= 4 is 146 Å². The summed E-state index contributed by atoms with van der Waals surface area (Å²) in [6.07, 6.45) is -88.4. The molecule has 664 valence electrons. The molecule has 5 saturated heterocycles. The molecule has 5 rings (SSSR count). The van der Waals surface area contributed by atoms with Gasteiger partial charge in [0.05, 0.1) is 33.0 Å². The van der Waals surface area contributed by atoms with E-state index in [-0.39, 0.29) is 0 Å². The molecule has 82 heteroatoms. The predicted octanol–water partition coefficient (Wildman–Crippen LogP) is -14.3. The summed E-state index contributed by atoms with van der Waals surface area (Å²) in [5.41, 5.74) is 0. The Kier molecular flexibility index (Phi) is 33.1. The zero-order chi connectivity index (χ0) is 86.2. The van der Waals surface area contributed by atoms with E-state index in [0.29, 0.717) is 0 Å². The van der Waals surface area contributed by atoms with Crippen molar-refractivity contribution in [1.29, 1.82) is 0 Å². The van der Waals surface area contributed by atoms with Gasteiger partial charge in [0.1, 0.15) is 110 Å². The van der Waals surface area contributed by atoms with Crippen LogP contribution in [0.1, 0.15) is 0 Å². The van der Waals surface area contributed by atoms with Crippen molar-refractivity contribution in [2.24, 2.45) is 0 Å². The maximum absolute atomic E-state index is 13.0. The van der Waals surface area contributed by atoms with Gasteiger partial charge in [-0.25, -0.2) is 58.6 Å².